The maximum atomic E-state index is 10.9. The molecule has 0 amide bonds. The zero-order valence-corrected chi connectivity index (χ0v) is 19.4. The Morgan fingerprint density at radius 1 is 1.12 bits per heavy atom. The van der Waals surface area contributed by atoms with Crippen molar-refractivity contribution in [1.82, 2.24) is 5.43 Å². The fourth-order valence-electron chi connectivity index (χ4n) is 3.19. The van der Waals surface area contributed by atoms with Crippen LogP contribution in [-0.2, 0) is 17.4 Å². The summed E-state index contributed by atoms with van der Waals surface area (Å²) in [5, 5.41) is 31.3. The van der Waals surface area contributed by atoms with Gasteiger partial charge in [-0.05, 0) is 28.5 Å². The first kappa shape index (κ1) is 24.6. The maximum absolute atomic E-state index is 10.9. The van der Waals surface area contributed by atoms with E-state index in [0.717, 1.165) is 21.4 Å². The van der Waals surface area contributed by atoms with E-state index in [1.165, 1.54) is 0 Å². The van der Waals surface area contributed by atoms with Gasteiger partial charge in [0.05, 0.1) is 6.54 Å². The van der Waals surface area contributed by atoms with Crippen LogP contribution in [0, 0.1) is 10.1 Å². The minimum absolute atomic E-state index is 0.140. The Bertz CT molecular complexity index is 1030. The first-order valence-corrected chi connectivity index (χ1v) is 10.2. The quantitative estimate of drug-likeness (QED) is 0.139. The van der Waals surface area contributed by atoms with Crippen LogP contribution in [0.5, 0.6) is 5.75 Å². The Hall–Kier alpha value is -3.62. The monoisotopic (exact) mass is 442 g/mol. The summed E-state index contributed by atoms with van der Waals surface area (Å²) in [7, 11) is 0. The van der Waals surface area contributed by atoms with Crippen LogP contribution in [0.1, 0.15) is 63.8 Å². The molecule has 0 aromatic heterocycles. The lowest BCUT2D eigenvalue weighted by Crippen LogP contribution is -2.36. The largest absolute Gasteiger partial charge is 0.507 e. The Labute approximate surface area is 188 Å². The van der Waals surface area contributed by atoms with Crippen molar-refractivity contribution in [3.63, 3.8) is 0 Å². The van der Waals surface area contributed by atoms with Gasteiger partial charge in [0.25, 0.3) is 11.6 Å². The number of aromatic hydroxyl groups is 1. The third-order valence-electron chi connectivity index (χ3n) is 4.84. The minimum Gasteiger partial charge on any atom is -0.507 e. The summed E-state index contributed by atoms with van der Waals surface area (Å²) in [5.41, 5.74) is 10.1. The van der Waals surface area contributed by atoms with E-state index in [-0.39, 0.29) is 29.1 Å². The zero-order valence-electron chi connectivity index (χ0n) is 19.4. The molecule has 0 aliphatic heterocycles. The standard InChI is InChI=1S/C23H31N5O4/c1-22(2,3)18-11-17(12-19(20(18)29)23(4,5)6)27(30)14-16-9-7-8-15(10-16)13-25-21(24)26-28(31)32/h7-12,14H,13H2,1-6H3,(H4-,24,25,26,29,30)/p+1/b27-14-. The molecule has 2 rings (SSSR count). The summed E-state index contributed by atoms with van der Waals surface area (Å²) in [5.74, 6) is -0.0513. The number of nitro groups is 1. The van der Waals surface area contributed by atoms with Crippen molar-refractivity contribution < 1.29 is 20.1 Å². The van der Waals surface area contributed by atoms with Gasteiger partial charge in [-0.25, -0.2) is 15.1 Å². The van der Waals surface area contributed by atoms with Crippen LogP contribution < -0.4 is 11.2 Å². The van der Waals surface area contributed by atoms with Gasteiger partial charge in [-0.2, -0.15) is 0 Å². The zero-order chi connectivity index (χ0) is 24.3. The lowest BCUT2D eigenvalue weighted by molar-refractivity contribution is -0.709. The van der Waals surface area contributed by atoms with Crippen LogP contribution in [0.25, 0.3) is 0 Å². The number of rotatable bonds is 5. The Morgan fingerprint density at radius 2 is 1.69 bits per heavy atom. The molecule has 2 aromatic carbocycles. The molecule has 9 nitrogen and oxygen atoms in total. The van der Waals surface area contributed by atoms with Crippen molar-refractivity contribution in [2.75, 3.05) is 0 Å². The van der Waals surface area contributed by atoms with E-state index in [4.69, 9.17) is 5.73 Å². The van der Waals surface area contributed by atoms with Crippen LogP contribution in [0.4, 0.5) is 5.69 Å². The molecule has 0 aliphatic carbocycles. The summed E-state index contributed by atoms with van der Waals surface area (Å²) in [6.07, 6.45) is 1.55. The van der Waals surface area contributed by atoms with E-state index in [9.17, 15) is 20.4 Å². The average molecular weight is 443 g/mol. The molecule has 2 aromatic rings. The molecule has 32 heavy (non-hydrogen) atoms. The summed E-state index contributed by atoms with van der Waals surface area (Å²) >= 11 is 0. The predicted octanol–water partition coefficient (Wildman–Crippen LogP) is 3.74. The van der Waals surface area contributed by atoms with Crippen molar-refractivity contribution in [3.8, 4) is 5.75 Å². The smallest absolute Gasteiger partial charge is 0.258 e. The molecular weight excluding hydrogens is 410 g/mol. The first-order valence-electron chi connectivity index (χ1n) is 10.2. The summed E-state index contributed by atoms with van der Waals surface area (Å²) < 4.78 is 1.02. The van der Waals surface area contributed by atoms with Gasteiger partial charge >= 0.3 is 0 Å². The van der Waals surface area contributed by atoms with Gasteiger partial charge in [0, 0.05) is 33.6 Å². The number of phenols is 1. The molecule has 0 saturated heterocycles. The molecule has 0 bridgehead atoms. The van der Waals surface area contributed by atoms with E-state index in [1.807, 2.05) is 47.6 Å². The fourth-order valence-corrected chi connectivity index (χ4v) is 3.19. The van der Waals surface area contributed by atoms with Crippen molar-refractivity contribution in [3.05, 3.63) is 68.8 Å². The van der Waals surface area contributed by atoms with Gasteiger partial charge in [0.2, 0.25) is 6.21 Å². The highest BCUT2D eigenvalue weighted by molar-refractivity contribution is 5.77. The van der Waals surface area contributed by atoms with E-state index in [2.05, 4.69) is 4.99 Å². The molecular formula is C23H32N5O4+. The number of hydrogen-bond donors (Lipinski definition) is 4. The van der Waals surface area contributed by atoms with E-state index in [1.54, 1.807) is 42.0 Å². The fraction of sp³-hybridized carbons (Fsp3) is 0.391. The first-order chi connectivity index (χ1) is 14.7. The van der Waals surface area contributed by atoms with Gasteiger partial charge in [-0.1, -0.05) is 59.1 Å². The van der Waals surface area contributed by atoms with Crippen LogP contribution in [-0.4, -0.2) is 32.3 Å². The molecule has 172 valence electrons. The second-order valence-corrected chi connectivity index (χ2v) is 9.68. The number of phenolic OH excluding ortho intramolecular Hbond substituents is 1. The predicted molar refractivity (Wildman–Crippen MR) is 124 cm³/mol. The van der Waals surface area contributed by atoms with Gasteiger partial charge in [0.15, 0.2) is 5.03 Å². The highest BCUT2D eigenvalue weighted by Crippen LogP contribution is 2.41. The summed E-state index contributed by atoms with van der Waals surface area (Å²) in [6, 6.07) is 10.8. The lowest BCUT2D eigenvalue weighted by Gasteiger charge is -2.26. The maximum Gasteiger partial charge on any atom is 0.258 e. The van der Waals surface area contributed by atoms with Crippen molar-refractivity contribution >= 4 is 17.9 Å². The molecule has 5 N–H and O–H groups in total. The molecule has 0 saturated carbocycles. The summed E-state index contributed by atoms with van der Waals surface area (Å²) in [4.78, 5) is 14.3. The Balaban J connectivity index is 2.44. The van der Waals surface area contributed by atoms with E-state index in [0.29, 0.717) is 11.3 Å². The normalized spacial score (nSPS) is 13.2. The second kappa shape index (κ2) is 9.25. The molecule has 0 aliphatic rings. The van der Waals surface area contributed by atoms with Crippen LogP contribution >= 0.6 is 0 Å². The van der Waals surface area contributed by atoms with Gasteiger partial charge in [0.1, 0.15) is 5.75 Å². The third-order valence-corrected chi connectivity index (χ3v) is 4.84. The molecule has 0 fully saturated rings. The van der Waals surface area contributed by atoms with Crippen molar-refractivity contribution in [1.29, 1.82) is 0 Å². The number of benzene rings is 2. The third kappa shape index (κ3) is 6.44. The van der Waals surface area contributed by atoms with Crippen LogP contribution in [0.2, 0.25) is 0 Å². The number of hydrazine groups is 1. The molecule has 0 atom stereocenters. The van der Waals surface area contributed by atoms with Crippen molar-refractivity contribution in [2.24, 2.45) is 10.7 Å². The molecule has 9 heteroatoms. The molecule has 0 heterocycles. The Kier molecular flexibility index (Phi) is 7.13. The van der Waals surface area contributed by atoms with Gasteiger partial charge in [-0.15, -0.1) is 0 Å². The van der Waals surface area contributed by atoms with Gasteiger partial charge < -0.3 is 10.8 Å². The highest BCUT2D eigenvalue weighted by atomic mass is 16.7. The van der Waals surface area contributed by atoms with Crippen LogP contribution in [0.3, 0.4) is 0 Å². The number of aliphatic imine (C=N–C) groups is 1. The van der Waals surface area contributed by atoms with Crippen LogP contribution in [0.15, 0.2) is 41.4 Å². The topological polar surface area (TPSA) is 137 Å². The Morgan fingerprint density at radius 3 is 2.19 bits per heavy atom. The minimum atomic E-state index is -0.776. The molecule has 0 radical (unpaired) electrons. The van der Waals surface area contributed by atoms with Gasteiger partial charge in [-0.3, -0.25) is 5.21 Å². The number of nitrogens with one attached hydrogen (secondary N) is 1. The number of nitrogens with two attached hydrogens (primary N) is 1. The van der Waals surface area contributed by atoms with E-state index >= 15 is 0 Å². The van der Waals surface area contributed by atoms with Crippen molar-refractivity contribution in [2.45, 2.75) is 58.9 Å². The molecule has 0 spiro atoms. The SMILES string of the molecule is CC(C)(C)c1cc(/[N+](O)=C/c2cccc(CN=C(N)N[N+](=O)[O-])c2)cc(C(C)(C)C)c1O. The summed E-state index contributed by atoms with van der Waals surface area (Å²) in [6.45, 7) is 12.2. The molecule has 0 unspecified atom stereocenters. The lowest BCUT2D eigenvalue weighted by atomic mass is 9.79. The highest BCUT2D eigenvalue weighted by Gasteiger charge is 2.29. The number of hydrogen-bond acceptors (Lipinski definition) is 5. The second-order valence-electron chi connectivity index (χ2n) is 9.68. The number of guanidine groups is 1. The average Bonchev–Trinajstić information content (AvgIpc) is 2.64. The number of nitrogens with zero attached hydrogens (tertiary/aromatic N) is 3. The van der Waals surface area contributed by atoms with E-state index < -0.39 is 5.03 Å².